The third-order valence-electron chi connectivity index (χ3n) is 3.70. The second kappa shape index (κ2) is 7.17. The van der Waals surface area contributed by atoms with E-state index in [1.54, 1.807) is 55.8 Å². The zero-order valence-corrected chi connectivity index (χ0v) is 14.8. The van der Waals surface area contributed by atoms with Gasteiger partial charge in [-0.05, 0) is 47.9 Å². The third-order valence-corrected chi connectivity index (χ3v) is 4.44. The van der Waals surface area contributed by atoms with Crippen LogP contribution in [0.2, 0.25) is 10.0 Å². The molecule has 0 bridgehead atoms. The quantitative estimate of drug-likeness (QED) is 0.749. The molecule has 0 aliphatic rings. The fraction of sp³-hybridized carbons (Fsp3) is 0.111. The predicted octanol–water partition coefficient (Wildman–Crippen LogP) is 3.96. The summed E-state index contributed by atoms with van der Waals surface area (Å²) >= 11 is 11.8. The summed E-state index contributed by atoms with van der Waals surface area (Å²) < 4.78 is 6.50. The van der Waals surface area contributed by atoms with E-state index in [1.807, 2.05) is 0 Å². The lowest BCUT2D eigenvalue weighted by molar-refractivity contribution is -0.116. The van der Waals surface area contributed by atoms with Crippen molar-refractivity contribution in [2.75, 3.05) is 12.4 Å². The van der Waals surface area contributed by atoms with Gasteiger partial charge in [0, 0.05) is 17.3 Å². The highest BCUT2D eigenvalue weighted by molar-refractivity contribution is 6.42. The Hall–Kier alpha value is -2.50. The van der Waals surface area contributed by atoms with Crippen LogP contribution >= 0.6 is 23.2 Å². The third kappa shape index (κ3) is 3.78. The molecule has 5 nitrogen and oxygen atoms in total. The van der Waals surface area contributed by atoms with Gasteiger partial charge in [0.2, 0.25) is 5.91 Å². The van der Waals surface area contributed by atoms with Crippen LogP contribution in [-0.4, -0.2) is 17.6 Å². The van der Waals surface area contributed by atoms with Crippen LogP contribution in [0.3, 0.4) is 0 Å². The number of hydrogen-bond acceptors (Lipinski definition) is 3. The number of halogens is 2. The lowest BCUT2D eigenvalue weighted by atomic mass is 10.1. The first-order valence-corrected chi connectivity index (χ1v) is 8.15. The van der Waals surface area contributed by atoms with Gasteiger partial charge in [0.25, 0.3) is 5.56 Å². The normalized spacial score (nSPS) is 10.7. The molecule has 0 aliphatic carbocycles. The smallest absolute Gasteiger partial charge is 0.258 e. The highest BCUT2D eigenvalue weighted by Gasteiger charge is 2.09. The number of hydrogen-bond donors (Lipinski definition) is 1. The lowest BCUT2D eigenvalue weighted by Gasteiger charge is -2.09. The molecule has 7 heteroatoms. The van der Waals surface area contributed by atoms with Crippen molar-refractivity contribution in [3.8, 4) is 5.75 Å². The number of amides is 1. The van der Waals surface area contributed by atoms with Crippen molar-refractivity contribution in [3.05, 3.63) is 69.1 Å². The van der Waals surface area contributed by atoms with E-state index in [-0.39, 0.29) is 18.0 Å². The first-order chi connectivity index (χ1) is 12.0. The number of anilines is 1. The Morgan fingerprint density at radius 2 is 1.92 bits per heavy atom. The summed E-state index contributed by atoms with van der Waals surface area (Å²) in [7, 11) is 1.57. The second-order valence-corrected chi connectivity index (χ2v) is 6.19. The number of fused-ring (bicyclic) bond motifs is 1. The molecule has 1 heterocycles. The van der Waals surface area contributed by atoms with E-state index in [4.69, 9.17) is 27.9 Å². The van der Waals surface area contributed by atoms with Gasteiger partial charge in [-0.2, -0.15) is 0 Å². The zero-order chi connectivity index (χ0) is 18.0. The fourth-order valence-corrected chi connectivity index (χ4v) is 2.74. The fourth-order valence-electron chi connectivity index (χ4n) is 2.45. The average Bonchev–Trinajstić information content (AvgIpc) is 2.60. The minimum Gasteiger partial charge on any atom is -0.497 e. The summed E-state index contributed by atoms with van der Waals surface area (Å²) in [5, 5.41) is 4.71. The van der Waals surface area contributed by atoms with Crippen molar-refractivity contribution in [2.45, 2.75) is 6.54 Å². The maximum absolute atomic E-state index is 12.5. The van der Waals surface area contributed by atoms with Gasteiger partial charge >= 0.3 is 0 Å². The molecule has 0 unspecified atom stereocenters. The first-order valence-electron chi connectivity index (χ1n) is 7.40. The van der Waals surface area contributed by atoms with E-state index in [0.717, 1.165) is 5.39 Å². The number of aromatic nitrogens is 1. The highest BCUT2D eigenvalue weighted by Crippen LogP contribution is 2.25. The molecule has 0 saturated heterocycles. The van der Waals surface area contributed by atoms with Gasteiger partial charge in [0.1, 0.15) is 12.3 Å². The molecule has 0 spiro atoms. The van der Waals surface area contributed by atoms with Crippen LogP contribution in [0.4, 0.5) is 5.69 Å². The summed E-state index contributed by atoms with van der Waals surface area (Å²) in [5.74, 6) is 0.329. The zero-order valence-electron chi connectivity index (χ0n) is 13.3. The largest absolute Gasteiger partial charge is 0.497 e. The van der Waals surface area contributed by atoms with E-state index in [1.165, 1.54) is 4.57 Å². The van der Waals surface area contributed by atoms with Gasteiger partial charge < -0.3 is 14.6 Å². The van der Waals surface area contributed by atoms with E-state index in [2.05, 4.69) is 5.32 Å². The molecule has 128 valence electrons. The summed E-state index contributed by atoms with van der Waals surface area (Å²) in [4.78, 5) is 24.7. The Bertz CT molecular complexity index is 1010. The first kappa shape index (κ1) is 17.3. The molecule has 1 aromatic heterocycles. The maximum Gasteiger partial charge on any atom is 0.258 e. The van der Waals surface area contributed by atoms with Gasteiger partial charge in [-0.15, -0.1) is 0 Å². The maximum atomic E-state index is 12.5. The van der Waals surface area contributed by atoms with Crippen LogP contribution in [0.5, 0.6) is 5.75 Å². The number of nitrogens with one attached hydrogen (secondary N) is 1. The highest BCUT2D eigenvalue weighted by atomic mass is 35.5. The number of nitrogens with zero attached hydrogens (tertiary/aromatic N) is 1. The van der Waals surface area contributed by atoms with Crippen molar-refractivity contribution in [1.82, 2.24) is 4.57 Å². The SMILES string of the molecule is COc1ccc2c(=O)n(CC(=O)Nc3ccc(Cl)c(Cl)c3)ccc2c1. The standard InChI is InChI=1S/C18H14Cl2N2O3/c1-25-13-3-4-14-11(8-13)6-7-22(18(14)24)10-17(23)21-12-2-5-15(19)16(20)9-12/h2-9H,10H2,1H3,(H,21,23). The van der Waals surface area contributed by atoms with Gasteiger partial charge in [-0.3, -0.25) is 9.59 Å². The molecule has 0 fully saturated rings. The molecule has 2 aromatic carbocycles. The number of pyridine rings is 1. The van der Waals surface area contributed by atoms with Gasteiger partial charge in [-0.1, -0.05) is 23.2 Å². The van der Waals surface area contributed by atoms with Crippen molar-refractivity contribution in [3.63, 3.8) is 0 Å². The molecule has 1 N–H and O–H groups in total. The van der Waals surface area contributed by atoms with Crippen molar-refractivity contribution in [1.29, 1.82) is 0 Å². The van der Waals surface area contributed by atoms with Crippen LogP contribution in [0.25, 0.3) is 10.8 Å². The Balaban J connectivity index is 1.82. The number of carbonyl (C=O) groups excluding carboxylic acids is 1. The van der Waals surface area contributed by atoms with Crippen LogP contribution in [0.15, 0.2) is 53.5 Å². The van der Waals surface area contributed by atoms with Crippen LogP contribution in [-0.2, 0) is 11.3 Å². The van der Waals surface area contributed by atoms with Crippen LogP contribution in [0.1, 0.15) is 0 Å². The number of rotatable bonds is 4. The minimum absolute atomic E-state index is 0.110. The summed E-state index contributed by atoms with van der Waals surface area (Å²) in [6.45, 7) is -0.110. The minimum atomic E-state index is -0.339. The molecule has 0 atom stereocenters. The molecule has 0 aliphatic heterocycles. The Kier molecular flexibility index (Phi) is 4.97. The van der Waals surface area contributed by atoms with Crippen molar-refractivity contribution >= 4 is 45.6 Å². The number of methoxy groups -OCH3 is 1. The van der Waals surface area contributed by atoms with Crippen LogP contribution in [0, 0.1) is 0 Å². The lowest BCUT2D eigenvalue weighted by Crippen LogP contribution is -2.27. The summed E-state index contributed by atoms with van der Waals surface area (Å²) in [5.41, 5.74) is 0.266. The Morgan fingerprint density at radius 1 is 1.12 bits per heavy atom. The van der Waals surface area contributed by atoms with E-state index < -0.39 is 0 Å². The molecule has 0 saturated carbocycles. The van der Waals surface area contributed by atoms with E-state index >= 15 is 0 Å². The topological polar surface area (TPSA) is 60.3 Å². The second-order valence-electron chi connectivity index (χ2n) is 5.38. The molecule has 0 radical (unpaired) electrons. The molecular formula is C18H14Cl2N2O3. The predicted molar refractivity (Wildman–Crippen MR) is 99.9 cm³/mol. The summed E-state index contributed by atoms with van der Waals surface area (Å²) in [6, 6.07) is 11.7. The number of benzene rings is 2. The number of ether oxygens (including phenoxy) is 1. The molecule has 25 heavy (non-hydrogen) atoms. The van der Waals surface area contributed by atoms with E-state index in [9.17, 15) is 9.59 Å². The average molecular weight is 377 g/mol. The molecule has 3 rings (SSSR count). The van der Waals surface area contributed by atoms with Crippen molar-refractivity contribution < 1.29 is 9.53 Å². The molecule has 1 amide bonds. The van der Waals surface area contributed by atoms with Crippen molar-refractivity contribution in [2.24, 2.45) is 0 Å². The number of carbonyl (C=O) groups is 1. The Morgan fingerprint density at radius 3 is 2.64 bits per heavy atom. The molecule has 3 aromatic rings. The summed E-state index contributed by atoms with van der Waals surface area (Å²) in [6.07, 6.45) is 1.58. The van der Waals surface area contributed by atoms with Gasteiger partial charge in [-0.25, -0.2) is 0 Å². The van der Waals surface area contributed by atoms with E-state index in [0.29, 0.717) is 26.9 Å². The Labute approximate surface area is 153 Å². The molecular weight excluding hydrogens is 363 g/mol. The van der Waals surface area contributed by atoms with Gasteiger partial charge in [0.15, 0.2) is 0 Å². The van der Waals surface area contributed by atoms with Crippen LogP contribution < -0.4 is 15.6 Å². The monoisotopic (exact) mass is 376 g/mol. The van der Waals surface area contributed by atoms with Gasteiger partial charge in [0.05, 0.1) is 17.2 Å².